The number of allylic oxidation sites excluding steroid dienone is 1. The number of hydrogen-bond donors (Lipinski definition) is 2. The zero-order valence-electron chi connectivity index (χ0n) is 16.4. The van der Waals surface area contributed by atoms with E-state index in [0.717, 1.165) is 24.4 Å². The van der Waals surface area contributed by atoms with Crippen LogP contribution in [-0.2, 0) is 0 Å². The summed E-state index contributed by atoms with van der Waals surface area (Å²) in [5.41, 5.74) is 7.35. The number of nitrogens with two attached hydrogens (primary N) is 1. The topological polar surface area (TPSA) is 103 Å². The van der Waals surface area contributed by atoms with Gasteiger partial charge in [0.15, 0.2) is 11.6 Å². The molecule has 0 saturated carbocycles. The summed E-state index contributed by atoms with van der Waals surface area (Å²) in [4.78, 5) is 7.77. The average Bonchev–Trinajstić information content (AvgIpc) is 3.21. The maximum Gasteiger partial charge on any atom is 0.184 e. The third-order valence-electron chi connectivity index (χ3n) is 4.82. The number of halogens is 3. The molecule has 2 aromatic heterocycles. The highest BCUT2D eigenvalue weighted by molar-refractivity contribution is 6.08. The largest absolute Gasteiger partial charge is 0.858 e. The number of benzene rings is 2. The van der Waals surface area contributed by atoms with Crippen molar-refractivity contribution in [2.75, 3.05) is 0 Å². The van der Waals surface area contributed by atoms with Gasteiger partial charge in [-0.1, -0.05) is 18.2 Å². The molecule has 32 heavy (non-hydrogen) atoms. The van der Waals surface area contributed by atoms with Crippen molar-refractivity contribution in [1.82, 2.24) is 9.38 Å². The summed E-state index contributed by atoms with van der Waals surface area (Å²) in [6, 6.07) is 10.6. The maximum atomic E-state index is 14.8. The molecular formula is C23H15F3N5O-. The first kappa shape index (κ1) is 20.9. The van der Waals surface area contributed by atoms with E-state index in [0.29, 0.717) is 28.0 Å². The predicted octanol–water partition coefficient (Wildman–Crippen LogP) is 3.81. The van der Waals surface area contributed by atoms with Crippen LogP contribution in [0.1, 0.15) is 11.1 Å². The predicted molar refractivity (Wildman–Crippen MR) is 114 cm³/mol. The first-order valence-electron chi connectivity index (χ1n) is 9.32. The molecule has 4 aromatic rings. The number of pyridine rings is 1. The van der Waals surface area contributed by atoms with Crippen LogP contribution < -0.4 is 10.8 Å². The fourth-order valence-corrected chi connectivity index (χ4v) is 3.19. The molecule has 0 amide bonds. The normalized spacial score (nSPS) is 12.3. The molecule has 0 aliphatic rings. The van der Waals surface area contributed by atoms with Crippen molar-refractivity contribution < 1.29 is 18.3 Å². The minimum absolute atomic E-state index is 0.385. The van der Waals surface area contributed by atoms with E-state index in [1.807, 2.05) is 0 Å². The van der Waals surface area contributed by atoms with E-state index in [9.17, 15) is 18.3 Å². The van der Waals surface area contributed by atoms with E-state index >= 15 is 0 Å². The number of nitrogens with one attached hydrogen (secondary N) is 1. The summed E-state index contributed by atoms with van der Waals surface area (Å²) in [7, 11) is 0. The third kappa shape index (κ3) is 3.71. The molecule has 160 valence electrons. The number of fused-ring (bicyclic) bond motifs is 1. The van der Waals surface area contributed by atoms with E-state index in [4.69, 9.17) is 11.1 Å². The van der Waals surface area contributed by atoms with Crippen LogP contribution in [0.15, 0.2) is 72.1 Å². The van der Waals surface area contributed by atoms with E-state index < -0.39 is 29.0 Å². The fourth-order valence-electron chi connectivity index (χ4n) is 3.19. The Morgan fingerprint density at radius 2 is 1.91 bits per heavy atom. The molecular weight excluding hydrogens is 419 g/mol. The van der Waals surface area contributed by atoms with Crippen molar-refractivity contribution in [3.63, 3.8) is 0 Å². The number of aliphatic imine (C=N–C) groups is 1. The highest BCUT2D eigenvalue weighted by atomic mass is 19.2. The fraction of sp³-hybridized carbons (Fsp3) is 0. The molecule has 4 rings (SSSR count). The summed E-state index contributed by atoms with van der Waals surface area (Å²) in [6.07, 6.45) is 5.66. The first-order chi connectivity index (χ1) is 15.4. The van der Waals surface area contributed by atoms with Gasteiger partial charge in [0.05, 0.1) is 11.9 Å². The van der Waals surface area contributed by atoms with Crippen LogP contribution in [-0.4, -0.2) is 21.5 Å². The highest BCUT2D eigenvalue weighted by Gasteiger charge is 2.12. The molecule has 3 N–H and O–H groups in total. The van der Waals surface area contributed by atoms with Gasteiger partial charge in [-0.3, -0.25) is 9.39 Å². The Bertz CT molecular complexity index is 1410. The zero-order valence-corrected chi connectivity index (χ0v) is 16.4. The lowest BCUT2D eigenvalue weighted by Crippen LogP contribution is -2.20. The Labute approximate surface area is 180 Å². The quantitative estimate of drug-likeness (QED) is 0.369. The van der Waals surface area contributed by atoms with Crippen molar-refractivity contribution in [3.05, 3.63) is 95.7 Å². The second kappa shape index (κ2) is 8.38. The van der Waals surface area contributed by atoms with E-state index in [1.165, 1.54) is 30.6 Å². The average molecular weight is 434 g/mol. The summed E-state index contributed by atoms with van der Waals surface area (Å²) in [5.74, 6) is -4.35. The SMILES string of the molecule is N=C/C(=C\N)c1ccc2ncc(-c3ccc(C([O-])=Nc4cccc(F)c4F)c(F)c3)n2c1. The van der Waals surface area contributed by atoms with Gasteiger partial charge < -0.3 is 16.2 Å². The molecule has 0 atom stereocenters. The van der Waals surface area contributed by atoms with Crippen LogP contribution in [0.3, 0.4) is 0 Å². The van der Waals surface area contributed by atoms with Gasteiger partial charge in [0.1, 0.15) is 17.2 Å². The maximum absolute atomic E-state index is 14.8. The van der Waals surface area contributed by atoms with Gasteiger partial charge in [-0.05, 0) is 36.2 Å². The Kier molecular flexibility index (Phi) is 5.46. The van der Waals surface area contributed by atoms with Crippen LogP contribution >= 0.6 is 0 Å². The minimum Gasteiger partial charge on any atom is -0.858 e. The Morgan fingerprint density at radius 3 is 2.62 bits per heavy atom. The molecule has 2 aromatic carbocycles. The monoisotopic (exact) mass is 434 g/mol. The Balaban J connectivity index is 1.74. The van der Waals surface area contributed by atoms with Crippen LogP contribution in [0.2, 0.25) is 0 Å². The molecule has 0 aliphatic heterocycles. The number of nitrogens with zero attached hydrogens (tertiary/aromatic N) is 3. The van der Waals surface area contributed by atoms with Crippen molar-refractivity contribution >= 4 is 29.0 Å². The molecule has 0 bridgehead atoms. The van der Waals surface area contributed by atoms with Crippen molar-refractivity contribution in [3.8, 4) is 11.3 Å². The summed E-state index contributed by atoms with van der Waals surface area (Å²) in [6.45, 7) is 0. The second-order valence-corrected chi connectivity index (χ2v) is 6.74. The van der Waals surface area contributed by atoms with Crippen LogP contribution in [0, 0.1) is 22.9 Å². The number of imidazole rings is 1. The molecule has 0 aliphatic carbocycles. The summed E-state index contributed by atoms with van der Waals surface area (Å²) in [5, 5.41) is 19.8. The number of rotatable bonds is 5. The third-order valence-corrected chi connectivity index (χ3v) is 4.82. The van der Waals surface area contributed by atoms with Gasteiger partial charge in [-0.15, -0.1) is 0 Å². The van der Waals surface area contributed by atoms with Crippen molar-refractivity contribution in [1.29, 1.82) is 5.41 Å². The molecule has 2 heterocycles. The van der Waals surface area contributed by atoms with Gasteiger partial charge in [-0.2, -0.15) is 0 Å². The van der Waals surface area contributed by atoms with Gasteiger partial charge in [-0.25, -0.2) is 18.2 Å². The lowest BCUT2D eigenvalue weighted by molar-refractivity contribution is -0.212. The van der Waals surface area contributed by atoms with E-state index in [2.05, 4.69) is 9.98 Å². The Morgan fingerprint density at radius 1 is 1.09 bits per heavy atom. The van der Waals surface area contributed by atoms with Gasteiger partial charge >= 0.3 is 0 Å². The smallest absolute Gasteiger partial charge is 0.184 e. The lowest BCUT2D eigenvalue weighted by Gasteiger charge is -2.13. The first-order valence-corrected chi connectivity index (χ1v) is 9.32. The van der Waals surface area contributed by atoms with Crippen LogP contribution in [0.4, 0.5) is 18.9 Å². The van der Waals surface area contributed by atoms with Crippen LogP contribution in [0.5, 0.6) is 0 Å². The molecule has 6 nitrogen and oxygen atoms in total. The standard InChI is InChI=1S/C23H16F3N5O/c24-17-2-1-3-19(22(17)26)30-23(32)16-6-4-13(8-18(16)25)20-11-29-21-7-5-14(12-31(20)21)15(9-27)10-28/h1-12,27H,28H2,(H,30,32)/p-1/b15-10+,27-9?. The van der Waals surface area contributed by atoms with Crippen molar-refractivity contribution in [2.45, 2.75) is 0 Å². The van der Waals surface area contributed by atoms with Gasteiger partial charge in [0.25, 0.3) is 0 Å². The molecule has 9 heteroatoms. The Hall–Kier alpha value is -4.40. The highest BCUT2D eigenvalue weighted by Crippen LogP contribution is 2.26. The molecule has 0 unspecified atom stereocenters. The number of aromatic nitrogens is 2. The van der Waals surface area contributed by atoms with Gasteiger partial charge in [0.2, 0.25) is 0 Å². The zero-order chi connectivity index (χ0) is 22.8. The summed E-state index contributed by atoms with van der Waals surface area (Å²) >= 11 is 0. The van der Waals surface area contributed by atoms with E-state index in [1.54, 1.807) is 22.7 Å². The molecule has 0 radical (unpaired) electrons. The molecule has 0 saturated heterocycles. The second-order valence-electron chi connectivity index (χ2n) is 6.74. The summed E-state index contributed by atoms with van der Waals surface area (Å²) < 4.78 is 43.5. The molecule has 0 spiro atoms. The van der Waals surface area contributed by atoms with Crippen LogP contribution in [0.25, 0.3) is 22.5 Å². The van der Waals surface area contributed by atoms with Crippen molar-refractivity contribution in [2.24, 2.45) is 10.7 Å². The molecule has 0 fully saturated rings. The number of hydrogen-bond acceptors (Lipinski definition) is 5. The minimum atomic E-state index is -1.28. The van der Waals surface area contributed by atoms with Gasteiger partial charge in [0, 0.05) is 40.9 Å². The lowest BCUT2D eigenvalue weighted by atomic mass is 10.1. The van der Waals surface area contributed by atoms with E-state index in [-0.39, 0.29) is 5.56 Å².